The maximum absolute atomic E-state index is 12.0. The second kappa shape index (κ2) is 4.65. The van der Waals surface area contributed by atoms with E-state index in [-0.39, 0.29) is 5.91 Å². The van der Waals surface area contributed by atoms with Crippen LogP contribution < -0.4 is 0 Å². The standard InChI is InChI=1S/C11H14N2O2/c1-5-7-13(6-2)11(14)10-8(3)12-15-9(10)4/h1H,6-7H2,2-4H3. The summed E-state index contributed by atoms with van der Waals surface area (Å²) in [6, 6.07) is 0. The Morgan fingerprint density at radius 2 is 2.27 bits per heavy atom. The van der Waals surface area contributed by atoms with Gasteiger partial charge >= 0.3 is 0 Å². The zero-order valence-electron chi connectivity index (χ0n) is 9.20. The SMILES string of the molecule is C#CCN(CC)C(=O)c1c(C)noc1C. The van der Waals surface area contributed by atoms with Crippen LogP contribution in [0.1, 0.15) is 28.7 Å². The molecule has 0 aliphatic rings. The first-order chi connectivity index (χ1) is 7.11. The lowest BCUT2D eigenvalue weighted by Crippen LogP contribution is -2.31. The highest BCUT2D eigenvalue weighted by Gasteiger charge is 2.21. The number of hydrogen-bond acceptors (Lipinski definition) is 3. The topological polar surface area (TPSA) is 46.3 Å². The summed E-state index contributed by atoms with van der Waals surface area (Å²) in [6.07, 6.45) is 5.19. The van der Waals surface area contributed by atoms with Crippen LogP contribution >= 0.6 is 0 Å². The van der Waals surface area contributed by atoms with Crippen LogP contribution in [0.4, 0.5) is 0 Å². The predicted octanol–water partition coefficient (Wildman–Crippen LogP) is 1.39. The smallest absolute Gasteiger partial charge is 0.260 e. The molecular weight excluding hydrogens is 192 g/mol. The number of hydrogen-bond donors (Lipinski definition) is 0. The highest BCUT2D eigenvalue weighted by molar-refractivity contribution is 5.96. The van der Waals surface area contributed by atoms with E-state index >= 15 is 0 Å². The molecule has 0 radical (unpaired) electrons. The molecule has 0 saturated heterocycles. The Morgan fingerprint density at radius 3 is 2.67 bits per heavy atom. The Kier molecular flexibility index (Phi) is 3.51. The van der Waals surface area contributed by atoms with E-state index in [1.54, 1.807) is 18.7 Å². The fourth-order valence-corrected chi connectivity index (χ4v) is 1.38. The Bertz CT molecular complexity index is 382. The third-order valence-corrected chi connectivity index (χ3v) is 2.20. The van der Waals surface area contributed by atoms with E-state index in [0.717, 1.165) is 0 Å². The van der Waals surface area contributed by atoms with Crippen LogP contribution in [0.2, 0.25) is 0 Å². The van der Waals surface area contributed by atoms with Crippen LogP contribution in [0.15, 0.2) is 4.52 Å². The van der Waals surface area contributed by atoms with Crippen LogP contribution in [0, 0.1) is 26.2 Å². The van der Waals surface area contributed by atoms with Gasteiger partial charge in [0.05, 0.1) is 12.2 Å². The first-order valence-electron chi connectivity index (χ1n) is 4.77. The summed E-state index contributed by atoms with van der Waals surface area (Å²) in [7, 11) is 0. The van der Waals surface area contributed by atoms with Gasteiger partial charge < -0.3 is 9.42 Å². The van der Waals surface area contributed by atoms with Crippen molar-refractivity contribution in [1.29, 1.82) is 0 Å². The predicted molar refractivity (Wildman–Crippen MR) is 56.4 cm³/mol. The van der Waals surface area contributed by atoms with Gasteiger partial charge in [0.2, 0.25) is 0 Å². The van der Waals surface area contributed by atoms with Crippen molar-refractivity contribution in [3.05, 3.63) is 17.0 Å². The molecule has 0 spiro atoms. The Morgan fingerprint density at radius 1 is 1.60 bits per heavy atom. The van der Waals surface area contributed by atoms with Crippen LogP contribution in [0.5, 0.6) is 0 Å². The van der Waals surface area contributed by atoms with Crippen LogP contribution in [0.3, 0.4) is 0 Å². The molecule has 0 saturated carbocycles. The van der Waals surface area contributed by atoms with E-state index < -0.39 is 0 Å². The van der Waals surface area contributed by atoms with Crippen molar-refractivity contribution in [1.82, 2.24) is 10.1 Å². The summed E-state index contributed by atoms with van der Waals surface area (Å²) in [6.45, 7) is 6.23. The number of rotatable bonds is 3. The van der Waals surface area contributed by atoms with Gasteiger partial charge in [-0.2, -0.15) is 0 Å². The quantitative estimate of drug-likeness (QED) is 0.702. The highest BCUT2D eigenvalue weighted by Crippen LogP contribution is 2.14. The van der Waals surface area contributed by atoms with Gasteiger partial charge in [0.25, 0.3) is 5.91 Å². The molecule has 1 aromatic heterocycles. The molecule has 0 atom stereocenters. The zero-order valence-corrected chi connectivity index (χ0v) is 9.20. The van der Waals surface area contributed by atoms with Gasteiger partial charge in [0, 0.05) is 6.54 Å². The van der Waals surface area contributed by atoms with Crippen LogP contribution in [0.25, 0.3) is 0 Å². The Hall–Kier alpha value is -1.76. The average Bonchev–Trinajstić information content (AvgIpc) is 2.54. The maximum atomic E-state index is 12.0. The van der Waals surface area contributed by atoms with E-state index in [4.69, 9.17) is 10.9 Å². The summed E-state index contributed by atoms with van der Waals surface area (Å²) < 4.78 is 4.94. The summed E-state index contributed by atoms with van der Waals surface area (Å²) in [5.41, 5.74) is 1.13. The fraction of sp³-hybridized carbons (Fsp3) is 0.455. The molecule has 1 amide bonds. The Balaban J connectivity index is 2.98. The molecule has 80 valence electrons. The number of aryl methyl sites for hydroxylation is 2. The zero-order chi connectivity index (χ0) is 11.4. The molecule has 1 rings (SSSR count). The van der Waals surface area contributed by atoms with E-state index in [2.05, 4.69) is 11.1 Å². The first kappa shape index (κ1) is 11.3. The fourth-order valence-electron chi connectivity index (χ4n) is 1.38. The van der Waals surface area contributed by atoms with Crippen LogP contribution in [-0.2, 0) is 0 Å². The van der Waals surface area contributed by atoms with Crippen molar-refractivity contribution in [3.8, 4) is 12.3 Å². The third kappa shape index (κ3) is 2.18. The molecule has 0 N–H and O–H groups in total. The van der Waals surface area contributed by atoms with E-state index in [9.17, 15) is 4.79 Å². The number of carbonyl (C=O) groups excluding carboxylic acids is 1. The lowest BCUT2D eigenvalue weighted by molar-refractivity contribution is 0.0782. The third-order valence-electron chi connectivity index (χ3n) is 2.20. The van der Waals surface area contributed by atoms with Gasteiger partial charge in [0.15, 0.2) is 0 Å². The molecule has 0 aliphatic carbocycles. The summed E-state index contributed by atoms with van der Waals surface area (Å²) >= 11 is 0. The Labute approximate surface area is 89.2 Å². The number of nitrogens with zero attached hydrogens (tertiary/aromatic N) is 2. The second-order valence-corrected chi connectivity index (χ2v) is 3.22. The molecule has 1 heterocycles. The van der Waals surface area contributed by atoms with Gasteiger partial charge in [-0.1, -0.05) is 11.1 Å². The molecule has 15 heavy (non-hydrogen) atoms. The van der Waals surface area contributed by atoms with Gasteiger partial charge in [-0.3, -0.25) is 4.79 Å². The summed E-state index contributed by atoms with van der Waals surface area (Å²) in [4.78, 5) is 13.6. The molecular formula is C11H14N2O2. The first-order valence-corrected chi connectivity index (χ1v) is 4.77. The minimum atomic E-state index is -0.119. The van der Waals surface area contributed by atoms with Gasteiger partial charge in [-0.15, -0.1) is 6.42 Å². The van der Waals surface area contributed by atoms with E-state index in [1.807, 2.05) is 6.92 Å². The molecule has 1 aromatic rings. The molecule has 0 bridgehead atoms. The second-order valence-electron chi connectivity index (χ2n) is 3.22. The maximum Gasteiger partial charge on any atom is 0.260 e. The lowest BCUT2D eigenvalue weighted by atomic mass is 10.2. The minimum absolute atomic E-state index is 0.119. The van der Waals surface area contributed by atoms with Gasteiger partial charge in [0.1, 0.15) is 11.3 Å². The molecule has 4 nitrogen and oxygen atoms in total. The van der Waals surface area contributed by atoms with Crippen molar-refractivity contribution in [2.24, 2.45) is 0 Å². The van der Waals surface area contributed by atoms with Crippen molar-refractivity contribution >= 4 is 5.91 Å². The lowest BCUT2D eigenvalue weighted by Gasteiger charge is -2.17. The molecule has 0 unspecified atom stereocenters. The van der Waals surface area contributed by atoms with E-state index in [1.165, 1.54) is 0 Å². The van der Waals surface area contributed by atoms with Crippen molar-refractivity contribution in [3.63, 3.8) is 0 Å². The largest absolute Gasteiger partial charge is 0.361 e. The normalized spacial score (nSPS) is 9.73. The van der Waals surface area contributed by atoms with Crippen molar-refractivity contribution < 1.29 is 9.32 Å². The van der Waals surface area contributed by atoms with E-state index in [0.29, 0.717) is 30.1 Å². The van der Waals surface area contributed by atoms with Crippen LogP contribution in [-0.4, -0.2) is 29.1 Å². The van der Waals surface area contributed by atoms with Gasteiger partial charge in [-0.25, -0.2) is 0 Å². The number of aromatic nitrogens is 1. The van der Waals surface area contributed by atoms with Crippen molar-refractivity contribution in [2.75, 3.05) is 13.1 Å². The minimum Gasteiger partial charge on any atom is -0.361 e. The number of amides is 1. The molecule has 0 fully saturated rings. The summed E-state index contributed by atoms with van der Waals surface area (Å²) in [5.74, 6) is 2.87. The monoisotopic (exact) mass is 206 g/mol. The molecule has 4 heteroatoms. The van der Waals surface area contributed by atoms with Gasteiger partial charge in [-0.05, 0) is 20.8 Å². The number of terminal acetylenes is 1. The molecule has 0 aromatic carbocycles. The average molecular weight is 206 g/mol. The highest BCUT2D eigenvalue weighted by atomic mass is 16.5. The number of carbonyl (C=O) groups is 1. The van der Waals surface area contributed by atoms with Crippen molar-refractivity contribution in [2.45, 2.75) is 20.8 Å². The molecule has 0 aliphatic heterocycles. The summed E-state index contributed by atoms with van der Waals surface area (Å²) in [5, 5.41) is 3.74.